The molecule has 0 saturated carbocycles. The van der Waals surface area contributed by atoms with Gasteiger partial charge in [-0.2, -0.15) is 0 Å². The zero-order valence-electron chi connectivity index (χ0n) is 7.75. The van der Waals surface area contributed by atoms with Crippen molar-refractivity contribution in [1.29, 1.82) is 0 Å². The Morgan fingerprint density at radius 2 is 2.00 bits per heavy atom. The Bertz CT molecular complexity index is 650. The summed E-state index contributed by atoms with van der Waals surface area (Å²) in [6, 6.07) is 4.54. The second-order valence-electron chi connectivity index (χ2n) is 3.17. The second kappa shape index (κ2) is 3.92. The summed E-state index contributed by atoms with van der Waals surface area (Å²) in [6.07, 6.45) is 0. The molecule has 0 radical (unpaired) electrons. The fourth-order valence-corrected chi connectivity index (χ4v) is 2.27. The van der Waals surface area contributed by atoms with Gasteiger partial charge in [0, 0.05) is 20.3 Å². The van der Waals surface area contributed by atoms with E-state index < -0.39 is 11.5 Å². The van der Waals surface area contributed by atoms with Crippen molar-refractivity contribution in [3.8, 4) is 0 Å². The van der Waals surface area contributed by atoms with Crippen LogP contribution in [0.2, 0.25) is 5.02 Å². The third-order valence-corrected chi connectivity index (χ3v) is 2.88. The van der Waals surface area contributed by atoms with E-state index in [-0.39, 0.29) is 5.69 Å². The fraction of sp³-hybridized carbons (Fsp3) is 0. The van der Waals surface area contributed by atoms with E-state index in [1.807, 2.05) is 0 Å². The van der Waals surface area contributed by atoms with Gasteiger partial charge in [0.1, 0.15) is 5.69 Å². The lowest BCUT2D eigenvalue weighted by molar-refractivity contribution is 0.0690. The fourth-order valence-electron chi connectivity index (χ4n) is 1.40. The van der Waals surface area contributed by atoms with E-state index >= 15 is 0 Å². The molecule has 0 atom stereocenters. The van der Waals surface area contributed by atoms with Gasteiger partial charge in [-0.3, -0.25) is 4.79 Å². The van der Waals surface area contributed by atoms with Gasteiger partial charge >= 0.3 is 5.97 Å². The normalized spacial score (nSPS) is 10.6. The molecule has 0 aliphatic heterocycles. The molecular weight excluding hydrogens is 297 g/mol. The predicted molar refractivity (Wildman–Crippen MR) is 64.2 cm³/mol. The molecule has 2 rings (SSSR count). The Balaban J connectivity index is 2.93. The number of fused-ring (bicyclic) bond motifs is 1. The van der Waals surface area contributed by atoms with E-state index in [4.69, 9.17) is 16.7 Å². The van der Waals surface area contributed by atoms with Crippen molar-refractivity contribution in [2.24, 2.45) is 0 Å². The van der Waals surface area contributed by atoms with Gasteiger partial charge in [-0.15, -0.1) is 0 Å². The Morgan fingerprint density at radius 3 is 2.62 bits per heavy atom. The number of halogens is 2. The van der Waals surface area contributed by atoms with E-state index in [0.717, 1.165) is 0 Å². The minimum atomic E-state index is -1.20. The van der Waals surface area contributed by atoms with E-state index in [1.54, 1.807) is 12.1 Å². The maximum Gasteiger partial charge on any atom is 0.352 e. The van der Waals surface area contributed by atoms with Crippen LogP contribution in [0.3, 0.4) is 0 Å². The minimum Gasteiger partial charge on any atom is -0.477 e. The number of nitrogens with one attached hydrogen (secondary N) is 1. The first kappa shape index (κ1) is 11.2. The molecule has 2 N–H and O–H groups in total. The molecule has 0 amide bonds. The zero-order chi connectivity index (χ0) is 11.9. The molecular formula is C10H5BrClNO3. The van der Waals surface area contributed by atoms with Crippen molar-refractivity contribution in [2.75, 3.05) is 0 Å². The summed E-state index contributed by atoms with van der Waals surface area (Å²) in [5.41, 5.74) is -0.653. The number of aromatic nitrogens is 1. The van der Waals surface area contributed by atoms with Crippen molar-refractivity contribution < 1.29 is 9.90 Å². The van der Waals surface area contributed by atoms with Crippen molar-refractivity contribution in [3.05, 3.63) is 43.7 Å². The summed E-state index contributed by atoms with van der Waals surface area (Å²) in [4.78, 5) is 24.6. The molecule has 0 fully saturated rings. The van der Waals surface area contributed by atoms with Gasteiger partial charge < -0.3 is 10.1 Å². The number of hydrogen-bond acceptors (Lipinski definition) is 2. The molecule has 0 saturated heterocycles. The predicted octanol–water partition coefficient (Wildman–Crippen LogP) is 2.64. The number of aromatic carboxylic acids is 1. The van der Waals surface area contributed by atoms with Crippen LogP contribution >= 0.6 is 27.5 Å². The van der Waals surface area contributed by atoms with Crippen LogP contribution in [-0.4, -0.2) is 16.1 Å². The van der Waals surface area contributed by atoms with E-state index in [9.17, 15) is 9.59 Å². The molecule has 0 spiro atoms. The van der Waals surface area contributed by atoms with Crippen LogP contribution in [0.15, 0.2) is 27.5 Å². The number of benzene rings is 1. The van der Waals surface area contributed by atoms with Crippen molar-refractivity contribution in [1.82, 2.24) is 4.98 Å². The summed E-state index contributed by atoms with van der Waals surface area (Å²) < 4.78 is 0.665. The Morgan fingerprint density at radius 1 is 1.31 bits per heavy atom. The largest absolute Gasteiger partial charge is 0.477 e. The van der Waals surface area contributed by atoms with Gasteiger partial charge in [0.05, 0.1) is 0 Å². The molecule has 1 heterocycles. The quantitative estimate of drug-likeness (QED) is 0.851. The lowest BCUT2D eigenvalue weighted by Gasteiger charge is -2.02. The molecule has 2 aromatic rings. The number of pyridine rings is 1. The summed E-state index contributed by atoms with van der Waals surface area (Å²) in [7, 11) is 0. The smallest absolute Gasteiger partial charge is 0.352 e. The van der Waals surface area contributed by atoms with Crippen LogP contribution in [-0.2, 0) is 0 Å². The topological polar surface area (TPSA) is 70.2 Å². The monoisotopic (exact) mass is 301 g/mol. The minimum absolute atomic E-state index is 0.179. The SMILES string of the molecule is O=C(O)c1cc2c(Cl)cc(Br)cc2c(=O)[nH]1. The van der Waals surface area contributed by atoms with E-state index in [1.165, 1.54) is 6.07 Å². The highest BCUT2D eigenvalue weighted by Gasteiger charge is 2.10. The van der Waals surface area contributed by atoms with Crippen LogP contribution < -0.4 is 5.56 Å². The number of carboxylic acid groups (broad SMARTS) is 1. The highest BCUT2D eigenvalue weighted by molar-refractivity contribution is 9.10. The van der Waals surface area contributed by atoms with Crippen LogP contribution in [0.5, 0.6) is 0 Å². The summed E-state index contributed by atoms with van der Waals surface area (Å²) in [6.45, 7) is 0. The van der Waals surface area contributed by atoms with Crippen LogP contribution in [0.25, 0.3) is 10.8 Å². The number of aromatic amines is 1. The number of rotatable bonds is 1. The van der Waals surface area contributed by atoms with Crippen molar-refractivity contribution in [2.45, 2.75) is 0 Å². The Labute approximate surface area is 103 Å². The molecule has 1 aromatic carbocycles. The van der Waals surface area contributed by atoms with Gasteiger partial charge in [0.25, 0.3) is 5.56 Å². The molecule has 6 heteroatoms. The first-order valence-electron chi connectivity index (χ1n) is 4.24. The molecule has 0 aliphatic rings. The van der Waals surface area contributed by atoms with Gasteiger partial charge in [0.2, 0.25) is 0 Å². The van der Waals surface area contributed by atoms with Crippen molar-refractivity contribution in [3.63, 3.8) is 0 Å². The third kappa shape index (κ3) is 1.83. The average Bonchev–Trinajstić information content (AvgIpc) is 2.19. The molecule has 0 aliphatic carbocycles. The average molecular weight is 303 g/mol. The van der Waals surface area contributed by atoms with Crippen LogP contribution in [0.4, 0.5) is 0 Å². The number of hydrogen-bond donors (Lipinski definition) is 2. The van der Waals surface area contributed by atoms with E-state index in [2.05, 4.69) is 20.9 Å². The number of carboxylic acids is 1. The highest BCUT2D eigenvalue weighted by Crippen LogP contribution is 2.26. The summed E-state index contributed by atoms with van der Waals surface area (Å²) in [5, 5.41) is 9.90. The molecule has 0 unspecified atom stereocenters. The van der Waals surface area contributed by atoms with Gasteiger partial charge in [0.15, 0.2) is 0 Å². The first-order chi connectivity index (χ1) is 7.49. The number of carbonyl (C=O) groups is 1. The van der Waals surface area contributed by atoms with Crippen molar-refractivity contribution >= 4 is 44.3 Å². The van der Waals surface area contributed by atoms with Gasteiger partial charge in [-0.1, -0.05) is 27.5 Å². The molecule has 4 nitrogen and oxygen atoms in total. The number of H-pyrrole nitrogens is 1. The highest BCUT2D eigenvalue weighted by atomic mass is 79.9. The molecule has 16 heavy (non-hydrogen) atoms. The lowest BCUT2D eigenvalue weighted by Crippen LogP contribution is -2.12. The Kier molecular flexibility index (Phi) is 2.73. The summed E-state index contributed by atoms with van der Waals surface area (Å²) in [5.74, 6) is -1.20. The van der Waals surface area contributed by atoms with E-state index in [0.29, 0.717) is 20.3 Å². The standard InChI is InChI=1S/C10H5BrClNO3/c11-4-1-6-5(7(12)2-4)3-8(10(15)16)13-9(6)14/h1-3H,(H,13,14)(H,15,16). The molecule has 82 valence electrons. The summed E-state index contributed by atoms with van der Waals surface area (Å²) >= 11 is 9.15. The van der Waals surface area contributed by atoms with Crippen LogP contribution in [0, 0.1) is 0 Å². The van der Waals surface area contributed by atoms with Gasteiger partial charge in [-0.05, 0) is 18.2 Å². The van der Waals surface area contributed by atoms with Gasteiger partial charge in [-0.25, -0.2) is 4.79 Å². The maximum absolute atomic E-state index is 11.6. The first-order valence-corrected chi connectivity index (χ1v) is 5.41. The lowest BCUT2D eigenvalue weighted by atomic mass is 10.1. The third-order valence-electron chi connectivity index (χ3n) is 2.11. The Hall–Kier alpha value is -1.33. The molecule has 1 aromatic heterocycles. The maximum atomic E-state index is 11.6. The second-order valence-corrected chi connectivity index (χ2v) is 4.49. The zero-order valence-corrected chi connectivity index (χ0v) is 10.1. The van der Waals surface area contributed by atoms with Crippen LogP contribution in [0.1, 0.15) is 10.5 Å². The molecule has 0 bridgehead atoms.